The molecule has 0 bridgehead atoms. The van der Waals surface area contributed by atoms with E-state index in [1.165, 1.54) is 0 Å². The first-order valence-electron chi connectivity index (χ1n) is 7.06. The third-order valence-electron chi connectivity index (χ3n) is 3.33. The molecule has 21 heavy (non-hydrogen) atoms. The van der Waals surface area contributed by atoms with Gasteiger partial charge in [-0.1, -0.05) is 49.8 Å². The van der Waals surface area contributed by atoms with Crippen molar-refractivity contribution in [2.24, 2.45) is 5.73 Å². The summed E-state index contributed by atoms with van der Waals surface area (Å²) in [4.78, 5) is 2.69. The first-order chi connectivity index (χ1) is 10.1. The van der Waals surface area contributed by atoms with Crippen LogP contribution in [0, 0.1) is 0 Å². The van der Waals surface area contributed by atoms with E-state index in [-0.39, 0.29) is 0 Å². The molecule has 0 radical (unpaired) electrons. The van der Waals surface area contributed by atoms with Gasteiger partial charge < -0.3 is 10.6 Å². The number of halogens is 1. The van der Waals surface area contributed by atoms with Gasteiger partial charge in [-0.3, -0.25) is 0 Å². The lowest BCUT2D eigenvalue weighted by molar-refractivity contribution is 0.785. The fourth-order valence-corrected chi connectivity index (χ4v) is 3.21. The number of nitrogens with zero attached hydrogens (tertiary/aromatic N) is 1. The van der Waals surface area contributed by atoms with Gasteiger partial charge in [0, 0.05) is 22.3 Å². The van der Waals surface area contributed by atoms with Crippen molar-refractivity contribution in [3.05, 3.63) is 58.6 Å². The van der Waals surface area contributed by atoms with Gasteiger partial charge in [-0.2, -0.15) is 0 Å². The van der Waals surface area contributed by atoms with E-state index in [4.69, 9.17) is 18.0 Å². The summed E-state index contributed by atoms with van der Waals surface area (Å²) in [6.45, 7) is 3.13. The molecule has 0 fully saturated rings. The van der Waals surface area contributed by atoms with Crippen molar-refractivity contribution in [1.29, 1.82) is 0 Å². The summed E-state index contributed by atoms with van der Waals surface area (Å²) >= 11 is 8.80. The average molecular weight is 363 g/mol. The van der Waals surface area contributed by atoms with Gasteiger partial charge in [0.25, 0.3) is 0 Å². The highest BCUT2D eigenvalue weighted by atomic mass is 79.9. The van der Waals surface area contributed by atoms with Gasteiger partial charge in [0.2, 0.25) is 0 Å². The van der Waals surface area contributed by atoms with E-state index in [2.05, 4.69) is 46.0 Å². The maximum absolute atomic E-state index is 5.93. The smallest absolute Gasteiger partial charge is 0.107 e. The van der Waals surface area contributed by atoms with Crippen LogP contribution in [0.3, 0.4) is 0 Å². The maximum atomic E-state index is 5.93. The fourth-order valence-electron chi connectivity index (χ4n) is 2.29. The molecule has 2 aromatic rings. The van der Waals surface area contributed by atoms with Gasteiger partial charge in [-0.15, -0.1) is 0 Å². The van der Waals surface area contributed by atoms with Crippen LogP contribution in [-0.2, 0) is 0 Å². The molecule has 0 amide bonds. The van der Waals surface area contributed by atoms with E-state index in [0.717, 1.165) is 40.8 Å². The molecule has 0 aromatic heterocycles. The van der Waals surface area contributed by atoms with E-state index in [1.807, 2.05) is 30.3 Å². The van der Waals surface area contributed by atoms with Crippen molar-refractivity contribution >= 4 is 44.5 Å². The largest absolute Gasteiger partial charge is 0.389 e. The molecule has 0 atom stereocenters. The summed E-state index contributed by atoms with van der Waals surface area (Å²) in [7, 11) is 0. The third kappa shape index (κ3) is 3.83. The van der Waals surface area contributed by atoms with Crippen molar-refractivity contribution < 1.29 is 0 Å². The number of hydrogen-bond acceptors (Lipinski definition) is 2. The molecule has 2 N–H and O–H groups in total. The number of nitrogens with two attached hydrogens (primary N) is 1. The Balaban J connectivity index is 2.52. The molecule has 0 aliphatic rings. The zero-order valence-electron chi connectivity index (χ0n) is 12.1. The van der Waals surface area contributed by atoms with Gasteiger partial charge in [0.05, 0.1) is 5.69 Å². The van der Waals surface area contributed by atoms with Crippen LogP contribution in [0.1, 0.15) is 25.3 Å². The van der Waals surface area contributed by atoms with Crippen LogP contribution in [0.2, 0.25) is 0 Å². The molecule has 2 aromatic carbocycles. The van der Waals surface area contributed by atoms with Crippen molar-refractivity contribution in [3.63, 3.8) is 0 Å². The summed E-state index contributed by atoms with van der Waals surface area (Å²) in [6.07, 6.45) is 2.25. The molecule has 0 aliphatic heterocycles. The minimum absolute atomic E-state index is 0.412. The van der Waals surface area contributed by atoms with Crippen LogP contribution >= 0.6 is 28.1 Å². The zero-order valence-corrected chi connectivity index (χ0v) is 14.5. The molecular formula is C17H19BrN2S. The molecule has 0 heterocycles. The first kappa shape index (κ1) is 16.0. The molecule has 2 rings (SSSR count). The van der Waals surface area contributed by atoms with E-state index in [1.54, 1.807) is 0 Å². The summed E-state index contributed by atoms with van der Waals surface area (Å²) in [5, 5.41) is 0. The van der Waals surface area contributed by atoms with Crippen LogP contribution in [0.15, 0.2) is 53.0 Å². The van der Waals surface area contributed by atoms with Crippen LogP contribution in [0.25, 0.3) is 0 Å². The first-order valence-corrected chi connectivity index (χ1v) is 8.26. The normalized spacial score (nSPS) is 10.4. The summed E-state index contributed by atoms with van der Waals surface area (Å²) in [6, 6.07) is 16.4. The van der Waals surface area contributed by atoms with Gasteiger partial charge in [0.15, 0.2) is 0 Å². The lowest BCUT2D eigenvalue weighted by atomic mass is 10.1. The number of hydrogen-bond donors (Lipinski definition) is 1. The second kappa shape index (κ2) is 7.57. The number of thiocarbonyl (C=S) groups is 1. The molecule has 4 heteroatoms. The minimum atomic E-state index is 0.412. The highest BCUT2D eigenvalue weighted by Crippen LogP contribution is 2.33. The van der Waals surface area contributed by atoms with Crippen LogP contribution in [-0.4, -0.2) is 11.5 Å². The fraction of sp³-hybridized carbons (Fsp3) is 0.235. The van der Waals surface area contributed by atoms with E-state index >= 15 is 0 Å². The summed E-state index contributed by atoms with van der Waals surface area (Å²) in [5.41, 5.74) is 9.04. The highest BCUT2D eigenvalue weighted by Gasteiger charge is 2.16. The zero-order chi connectivity index (χ0) is 15.2. The standard InChI is InChI=1S/C17H19BrN2S/c1-2-3-12-20(13-8-5-4-6-9-13)15-11-7-10-14(18)16(15)17(19)21/h4-11H,2-3,12H2,1H3,(H2,19,21). The second-order valence-electron chi connectivity index (χ2n) is 4.84. The highest BCUT2D eigenvalue weighted by molar-refractivity contribution is 9.10. The average Bonchev–Trinajstić information content (AvgIpc) is 2.48. The Morgan fingerprint density at radius 3 is 2.48 bits per heavy atom. The molecule has 110 valence electrons. The van der Waals surface area contributed by atoms with Gasteiger partial charge in [-0.05, 0) is 46.6 Å². The lowest BCUT2D eigenvalue weighted by Crippen LogP contribution is -2.23. The number of rotatable bonds is 6. The van der Waals surface area contributed by atoms with Crippen molar-refractivity contribution in [3.8, 4) is 0 Å². The Bertz CT molecular complexity index is 613. The van der Waals surface area contributed by atoms with E-state index in [0.29, 0.717) is 4.99 Å². The van der Waals surface area contributed by atoms with Crippen molar-refractivity contribution in [2.45, 2.75) is 19.8 Å². The molecule has 0 unspecified atom stereocenters. The summed E-state index contributed by atoms with van der Waals surface area (Å²) < 4.78 is 0.935. The predicted octanol–water partition coefficient (Wildman–Crippen LogP) is 5.02. The van der Waals surface area contributed by atoms with Crippen LogP contribution < -0.4 is 10.6 Å². The predicted molar refractivity (Wildman–Crippen MR) is 98.4 cm³/mol. The summed E-state index contributed by atoms with van der Waals surface area (Å²) in [5.74, 6) is 0. The maximum Gasteiger partial charge on any atom is 0.107 e. The molecule has 0 saturated heterocycles. The van der Waals surface area contributed by atoms with Crippen LogP contribution in [0.5, 0.6) is 0 Å². The van der Waals surface area contributed by atoms with Gasteiger partial charge in [0.1, 0.15) is 4.99 Å². The molecule has 0 aliphatic carbocycles. The number of anilines is 2. The van der Waals surface area contributed by atoms with Gasteiger partial charge >= 0.3 is 0 Å². The van der Waals surface area contributed by atoms with Crippen LogP contribution in [0.4, 0.5) is 11.4 Å². The monoisotopic (exact) mass is 362 g/mol. The third-order valence-corrected chi connectivity index (χ3v) is 4.20. The molecule has 0 spiro atoms. The molecular weight excluding hydrogens is 344 g/mol. The molecule has 2 nitrogen and oxygen atoms in total. The Morgan fingerprint density at radius 1 is 1.14 bits per heavy atom. The minimum Gasteiger partial charge on any atom is -0.389 e. The SMILES string of the molecule is CCCCN(c1ccccc1)c1cccc(Br)c1C(N)=S. The number of para-hydroxylation sites is 1. The lowest BCUT2D eigenvalue weighted by Gasteiger charge is -2.27. The topological polar surface area (TPSA) is 29.3 Å². The number of unbranched alkanes of at least 4 members (excludes halogenated alkanes) is 1. The Morgan fingerprint density at radius 2 is 1.86 bits per heavy atom. The van der Waals surface area contributed by atoms with Crippen molar-refractivity contribution in [2.75, 3.05) is 11.4 Å². The number of benzene rings is 2. The van der Waals surface area contributed by atoms with Gasteiger partial charge in [-0.25, -0.2) is 0 Å². The Kier molecular flexibility index (Phi) is 5.76. The quantitative estimate of drug-likeness (QED) is 0.731. The second-order valence-corrected chi connectivity index (χ2v) is 6.13. The van der Waals surface area contributed by atoms with E-state index in [9.17, 15) is 0 Å². The Hall–Kier alpha value is -1.39. The van der Waals surface area contributed by atoms with E-state index < -0.39 is 0 Å². The Labute approximate surface area is 140 Å². The van der Waals surface area contributed by atoms with Crippen molar-refractivity contribution in [1.82, 2.24) is 0 Å². The molecule has 0 saturated carbocycles.